The van der Waals surface area contributed by atoms with Crippen molar-refractivity contribution < 1.29 is 9.21 Å². The lowest BCUT2D eigenvalue weighted by atomic mass is 10.2. The number of nitrogens with zero attached hydrogens (tertiary/aromatic N) is 3. The molecule has 1 aromatic carbocycles. The highest BCUT2D eigenvalue weighted by Gasteiger charge is 2.15. The van der Waals surface area contributed by atoms with E-state index in [2.05, 4.69) is 31.4 Å². The first kappa shape index (κ1) is 17.8. The van der Waals surface area contributed by atoms with Gasteiger partial charge in [0.05, 0.1) is 18.1 Å². The van der Waals surface area contributed by atoms with Gasteiger partial charge in [-0.3, -0.25) is 4.79 Å². The van der Waals surface area contributed by atoms with Crippen molar-refractivity contribution >= 4 is 33.6 Å². The minimum Gasteiger partial charge on any atom is -0.467 e. The maximum absolute atomic E-state index is 12.1. The van der Waals surface area contributed by atoms with Crippen LogP contribution in [0.2, 0.25) is 0 Å². The van der Waals surface area contributed by atoms with E-state index in [4.69, 9.17) is 4.42 Å². The van der Waals surface area contributed by atoms with E-state index in [1.54, 1.807) is 12.3 Å². The molecule has 0 radical (unpaired) electrons. The summed E-state index contributed by atoms with van der Waals surface area (Å²) < 4.78 is 8.15. The zero-order valence-electron chi connectivity index (χ0n) is 13.8. The van der Waals surface area contributed by atoms with Gasteiger partial charge in [-0.05, 0) is 31.2 Å². The van der Waals surface area contributed by atoms with E-state index in [0.29, 0.717) is 5.16 Å². The van der Waals surface area contributed by atoms with Gasteiger partial charge in [0.15, 0.2) is 11.0 Å². The summed E-state index contributed by atoms with van der Waals surface area (Å²) in [5.41, 5.74) is 0.965. The minimum atomic E-state index is -0.167. The first-order valence-corrected chi connectivity index (χ1v) is 9.43. The van der Waals surface area contributed by atoms with Crippen LogP contribution in [0.1, 0.15) is 18.7 Å². The minimum absolute atomic E-state index is 0.0825. The fraction of sp³-hybridized carbons (Fsp3) is 0.235. The van der Waals surface area contributed by atoms with Gasteiger partial charge in [-0.15, -0.1) is 10.2 Å². The number of furan rings is 1. The summed E-state index contributed by atoms with van der Waals surface area (Å²) in [7, 11) is 1.89. The van der Waals surface area contributed by atoms with Crippen molar-refractivity contribution in [3.63, 3.8) is 0 Å². The van der Waals surface area contributed by atoms with Gasteiger partial charge in [0.1, 0.15) is 5.76 Å². The van der Waals surface area contributed by atoms with Crippen molar-refractivity contribution in [1.29, 1.82) is 0 Å². The second-order valence-corrected chi connectivity index (χ2v) is 7.33. The molecular formula is C17H17BrN4O2S. The van der Waals surface area contributed by atoms with Crippen molar-refractivity contribution in [2.75, 3.05) is 5.75 Å². The summed E-state index contributed by atoms with van der Waals surface area (Å²) in [6.07, 6.45) is 1.59. The van der Waals surface area contributed by atoms with Crippen molar-refractivity contribution in [2.45, 2.75) is 18.1 Å². The van der Waals surface area contributed by atoms with Gasteiger partial charge < -0.3 is 14.3 Å². The van der Waals surface area contributed by atoms with E-state index in [-0.39, 0.29) is 17.7 Å². The zero-order valence-corrected chi connectivity index (χ0v) is 16.2. The Bertz CT molecular complexity index is 863. The van der Waals surface area contributed by atoms with Gasteiger partial charge >= 0.3 is 0 Å². The van der Waals surface area contributed by atoms with Crippen LogP contribution in [0.4, 0.5) is 0 Å². The average Bonchev–Trinajstić information content (AvgIpc) is 3.23. The van der Waals surface area contributed by atoms with E-state index in [1.165, 1.54) is 11.8 Å². The number of aromatic nitrogens is 3. The molecule has 1 N–H and O–H groups in total. The number of carbonyl (C=O) groups is 1. The Labute approximate surface area is 158 Å². The molecule has 2 aromatic heterocycles. The lowest BCUT2D eigenvalue weighted by molar-refractivity contribution is -0.119. The van der Waals surface area contributed by atoms with E-state index in [1.807, 2.05) is 48.9 Å². The van der Waals surface area contributed by atoms with Crippen LogP contribution >= 0.6 is 27.7 Å². The van der Waals surface area contributed by atoms with E-state index in [9.17, 15) is 4.79 Å². The fourth-order valence-electron chi connectivity index (χ4n) is 2.34. The number of thioether (sulfide) groups is 1. The Morgan fingerprint density at radius 1 is 1.36 bits per heavy atom. The van der Waals surface area contributed by atoms with Crippen LogP contribution in [0.15, 0.2) is 56.7 Å². The van der Waals surface area contributed by atoms with Crippen molar-refractivity contribution in [2.24, 2.45) is 7.05 Å². The molecule has 0 saturated carbocycles. The SMILES string of the molecule is CC(NC(=O)CSc1nnc(-c2cccc(Br)c2)n1C)c1ccco1. The number of halogens is 1. The smallest absolute Gasteiger partial charge is 0.231 e. The largest absolute Gasteiger partial charge is 0.467 e. The van der Waals surface area contributed by atoms with Crippen LogP contribution in [0, 0.1) is 0 Å². The molecule has 0 aliphatic rings. The first-order valence-electron chi connectivity index (χ1n) is 7.65. The van der Waals surface area contributed by atoms with Crippen molar-refractivity contribution in [3.05, 3.63) is 52.9 Å². The summed E-state index contributed by atoms with van der Waals surface area (Å²) in [5.74, 6) is 1.67. The molecule has 1 amide bonds. The maximum atomic E-state index is 12.1. The third kappa shape index (κ3) is 4.32. The molecule has 0 aliphatic carbocycles. The number of hydrogen-bond acceptors (Lipinski definition) is 5. The highest BCUT2D eigenvalue weighted by atomic mass is 79.9. The first-order chi connectivity index (χ1) is 12.0. The maximum Gasteiger partial charge on any atom is 0.231 e. The molecular weight excluding hydrogens is 404 g/mol. The molecule has 6 nitrogen and oxygen atoms in total. The van der Waals surface area contributed by atoms with Gasteiger partial charge in [-0.1, -0.05) is 39.8 Å². The molecule has 2 heterocycles. The highest BCUT2D eigenvalue weighted by Crippen LogP contribution is 2.25. The van der Waals surface area contributed by atoms with Crippen LogP contribution in [0.3, 0.4) is 0 Å². The quantitative estimate of drug-likeness (QED) is 0.613. The number of rotatable bonds is 6. The Morgan fingerprint density at radius 2 is 2.20 bits per heavy atom. The van der Waals surface area contributed by atoms with Gasteiger partial charge in [-0.25, -0.2) is 0 Å². The molecule has 0 spiro atoms. The van der Waals surface area contributed by atoms with Crippen LogP contribution < -0.4 is 5.32 Å². The number of amides is 1. The summed E-state index contributed by atoms with van der Waals surface area (Å²) in [5, 5.41) is 12.0. The summed E-state index contributed by atoms with van der Waals surface area (Å²) >= 11 is 4.81. The number of nitrogens with one attached hydrogen (secondary N) is 1. The third-order valence-corrected chi connectivity index (χ3v) is 5.11. The van der Waals surface area contributed by atoms with Crippen molar-refractivity contribution in [1.82, 2.24) is 20.1 Å². The van der Waals surface area contributed by atoms with Crippen molar-refractivity contribution in [3.8, 4) is 11.4 Å². The molecule has 25 heavy (non-hydrogen) atoms. The second kappa shape index (κ2) is 7.88. The topological polar surface area (TPSA) is 73.0 Å². The lowest BCUT2D eigenvalue weighted by Crippen LogP contribution is -2.28. The molecule has 1 atom stereocenters. The van der Waals surface area contributed by atoms with Crippen LogP contribution in [0.5, 0.6) is 0 Å². The molecule has 0 aliphatic heterocycles. The van der Waals surface area contributed by atoms with Gasteiger partial charge in [0.25, 0.3) is 0 Å². The summed E-state index contributed by atoms with van der Waals surface area (Å²) in [6, 6.07) is 11.3. The van der Waals surface area contributed by atoms with Crippen LogP contribution in [-0.2, 0) is 11.8 Å². The van der Waals surface area contributed by atoms with Gasteiger partial charge in [0.2, 0.25) is 5.91 Å². The van der Waals surface area contributed by atoms with E-state index in [0.717, 1.165) is 21.6 Å². The second-order valence-electron chi connectivity index (χ2n) is 5.47. The van der Waals surface area contributed by atoms with E-state index < -0.39 is 0 Å². The molecule has 0 bridgehead atoms. The van der Waals surface area contributed by atoms with Gasteiger partial charge in [-0.2, -0.15) is 0 Å². The molecule has 1 unspecified atom stereocenters. The van der Waals surface area contributed by atoms with E-state index >= 15 is 0 Å². The molecule has 3 aromatic rings. The lowest BCUT2D eigenvalue weighted by Gasteiger charge is -2.11. The monoisotopic (exact) mass is 420 g/mol. The van der Waals surface area contributed by atoms with Crippen LogP contribution in [0.25, 0.3) is 11.4 Å². The standard InChI is InChI=1S/C17H17BrN4O2S/c1-11(14-7-4-8-24-14)19-15(23)10-25-17-21-20-16(22(17)2)12-5-3-6-13(18)9-12/h3-9,11H,10H2,1-2H3,(H,19,23). The van der Waals surface area contributed by atoms with Crippen LogP contribution in [-0.4, -0.2) is 26.4 Å². The molecule has 0 fully saturated rings. The number of benzene rings is 1. The zero-order chi connectivity index (χ0) is 17.8. The molecule has 3 rings (SSSR count). The predicted molar refractivity (Wildman–Crippen MR) is 100 cm³/mol. The normalized spacial score (nSPS) is 12.1. The molecule has 130 valence electrons. The molecule has 0 saturated heterocycles. The fourth-order valence-corrected chi connectivity index (χ4v) is 3.46. The summed E-state index contributed by atoms with van der Waals surface area (Å²) in [4.78, 5) is 12.1. The highest BCUT2D eigenvalue weighted by molar-refractivity contribution is 9.10. The van der Waals surface area contributed by atoms with Gasteiger partial charge in [0, 0.05) is 17.1 Å². The molecule has 8 heteroatoms. The Kier molecular flexibility index (Phi) is 5.60. The number of carbonyl (C=O) groups excluding carboxylic acids is 1. The Morgan fingerprint density at radius 3 is 2.92 bits per heavy atom. The Hall–Kier alpha value is -2.06. The third-order valence-electron chi connectivity index (χ3n) is 3.60. The average molecular weight is 421 g/mol. The Balaban J connectivity index is 1.61. The predicted octanol–water partition coefficient (Wildman–Crippen LogP) is 3.81. The summed E-state index contributed by atoms with van der Waals surface area (Å²) in [6.45, 7) is 1.88. The number of hydrogen-bond donors (Lipinski definition) is 1.